The molecule has 0 radical (unpaired) electrons. The van der Waals surface area contributed by atoms with Gasteiger partial charge in [-0.1, -0.05) is 30.3 Å². The van der Waals surface area contributed by atoms with Gasteiger partial charge in [0.1, 0.15) is 12.1 Å². The van der Waals surface area contributed by atoms with E-state index in [0.717, 1.165) is 44.6 Å². The number of piperidine rings is 1. The number of nitrogens with zero attached hydrogens (tertiary/aromatic N) is 3. The molecule has 1 aromatic carbocycles. The first-order valence-electron chi connectivity index (χ1n) is 9.19. The number of carbonyl (C=O) groups is 1. The lowest BCUT2D eigenvalue weighted by Gasteiger charge is -2.35. The summed E-state index contributed by atoms with van der Waals surface area (Å²) in [6.45, 7) is 1.57. The highest BCUT2D eigenvalue weighted by Gasteiger charge is 2.53. The summed E-state index contributed by atoms with van der Waals surface area (Å²) in [5.41, 5.74) is 0.903. The third-order valence-corrected chi connectivity index (χ3v) is 5.47. The van der Waals surface area contributed by atoms with Crippen molar-refractivity contribution >= 4 is 11.7 Å². The van der Waals surface area contributed by atoms with Gasteiger partial charge in [0.25, 0.3) is 0 Å². The summed E-state index contributed by atoms with van der Waals surface area (Å²) in [6, 6.07) is 12.3. The second kappa shape index (κ2) is 6.94. The molecular formula is C20H24N4O2. The number of hydrogen-bond donors (Lipinski definition) is 1. The standard InChI is InChI=1S/C20H24N4O2/c1-26-18-13-17(21-14-22-18)23-16-7-11-24(12-8-16)19(25)20(9-10-20)15-5-3-2-4-6-15/h2-6,13-14,16H,7-12H2,1H3,(H,21,22,23). The molecule has 1 saturated heterocycles. The Hall–Kier alpha value is -2.63. The van der Waals surface area contributed by atoms with E-state index < -0.39 is 0 Å². The first-order valence-corrected chi connectivity index (χ1v) is 9.19. The monoisotopic (exact) mass is 352 g/mol. The van der Waals surface area contributed by atoms with E-state index in [4.69, 9.17) is 4.74 Å². The predicted molar refractivity (Wildman–Crippen MR) is 99.2 cm³/mol. The maximum absolute atomic E-state index is 13.1. The van der Waals surface area contributed by atoms with Crippen molar-refractivity contribution in [1.82, 2.24) is 14.9 Å². The number of hydrogen-bond acceptors (Lipinski definition) is 5. The molecule has 0 atom stereocenters. The van der Waals surface area contributed by atoms with Crippen LogP contribution in [0.5, 0.6) is 5.88 Å². The number of aromatic nitrogens is 2. The SMILES string of the molecule is COc1cc(NC2CCN(C(=O)C3(c4ccccc4)CC3)CC2)ncn1. The molecule has 2 fully saturated rings. The number of benzene rings is 1. The van der Waals surface area contributed by atoms with Crippen LogP contribution >= 0.6 is 0 Å². The van der Waals surface area contributed by atoms with E-state index in [2.05, 4.69) is 27.4 Å². The minimum atomic E-state index is -0.262. The topological polar surface area (TPSA) is 67.3 Å². The molecule has 1 aliphatic heterocycles. The summed E-state index contributed by atoms with van der Waals surface area (Å²) in [6.07, 6.45) is 5.27. The molecule has 1 aromatic heterocycles. The quantitative estimate of drug-likeness (QED) is 0.896. The van der Waals surface area contributed by atoms with E-state index in [1.165, 1.54) is 11.9 Å². The number of methoxy groups -OCH3 is 1. The molecule has 2 aliphatic rings. The molecule has 26 heavy (non-hydrogen) atoms. The molecule has 4 rings (SSSR count). The molecule has 1 saturated carbocycles. The van der Waals surface area contributed by atoms with E-state index in [1.54, 1.807) is 13.2 Å². The van der Waals surface area contributed by atoms with Crippen LogP contribution in [0.4, 0.5) is 5.82 Å². The molecule has 0 spiro atoms. The van der Waals surface area contributed by atoms with Crippen molar-refractivity contribution in [3.05, 3.63) is 48.3 Å². The average molecular weight is 352 g/mol. The molecule has 0 bridgehead atoms. The predicted octanol–water partition coefficient (Wildman–Crippen LogP) is 2.62. The van der Waals surface area contributed by atoms with E-state index in [1.807, 2.05) is 23.1 Å². The highest BCUT2D eigenvalue weighted by molar-refractivity contribution is 5.91. The van der Waals surface area contributed by atoms with Crippen molar-refractivity contribution < 1.29 is 9.53 Å². The van der Waals surface area contributed by atoms with Gasteiger partial charge in [0, 0.05) is 25.2 Å². The van der Waals surface area contributed by atoms with E-state index in [0.29, 0.717) is 17.8 Å². The van der Waals surface area contributed by atoms with Crippen molar-refractivity contribution in [2.24, 2.45) is 0 Å². The fourth-order valence-electron chi connectivity index (χ4n) is 3.78. The lowest BCUT2D eigenvalue weighted by molar-refractivity contribution is -0.134. The van der Waals surface area contributed by atoms with Gasteiger partial charge in [-0.2, -0.15) is 0 Å². The van der Waals surface area contributed by atoms with Crippen molar-refractivity contribution in [3.8, 4) is 5.88 Å². The summed E-state index contributed by atoms with van der Waals surface area (Å²) in [5.74, 6) is 1.61. The number of likely N-dealkylation sites (tertiary alicyclic amines) is 1. The fraction of sp³-hybridized carbons (Fsp3) is 0.450. The number of amides is 1. The maximum atomic E-state index is 13.1. The number of anilines is 1. The van der Waals surface area contributed by atoms with Gasteiger partial charge in [-0.15, -0.1) is 0 Å². The van der Waals surface area contributed by atoms with Gasteiger partial charge in [-0.25, -0.2) is 9.97 Å². The van der Waals surface area contributed by atoms with Gasteiger partial charge in [0.2, 0.25) is 11.8 Å². The second-order valence-corrected chi connectivity index (χ2v) is 7.10. The molecule has 6 nitrogen and oxygen atoms in total. The van der Waals surface area contributed by atoms with Crippen LogP contribution in [-0.4, -0.2) is 47.0 Å². The first kappa shape index (κ1) is 16.8. The van der Waals surface area contributed by atoms with Crippen LogP contribution in [0, 0.1) is 0 Å². The summed E-state index contributed by atoms with van der Waals surface area (Å²) in [5, 5.41) is 3.43. The Morgan fingerprint density at radius 3 is 2.58 bits per heavy atom. The zero-order valence-electron chi connectivity index (χ0n) is 15.0. The van der Waals surface area contributed by atoms with Crippen molar-refractivity contribution in [2.75, 3.05) is 25.5 Å². The van der Waals surface area contributed by atoms with Gasteiger partial charge in [-0.05, 0) is 31.2 Å². The van der Waals surface area contributed by atoms with E-state index >= 15 is 0 Å². The molecule has 1 N–H and O–H groups in total. The first-order chi connectivity index (χ1) is 12.7. The van der Waals surface area contributed by atoms with Crippen LogP contribution in [0.25, 0.3) is 0 Å². The zero-order valence-corrected chi connectivity index (χ0v) is 15.0. The van der Waals surface area contributed by atoms with Crippen molar-refractivity contribution in [3.63, 3.8) is 0 Å². The lowest BCUT2D eigenvalue weighted by Crippen LogP contribution is -2.46. The average Bonchev–Trinajstić information content (AvgIpc) is 3.51. The van der Waals surface area contributed by atoms with Gasteiger partial charge >= 0.3 is 0 Å². The van der Waals surface area contributed by atoms with E-state index in [-0.39, 0.29) is 5.41 Å². The number of nitrogens with one attached hydrogen (secondary N) is 1. The molecule has 1 aliphatic carbocycles. The number of rotatable bonds is 5. The fourth-order valence-corrected chi connectivity index (χ4v) is 3.78. The minimum Gasteiger partial charge on any atom is -0.481 e. The highest BCUT2D eigenvalue weighted by Crippen LogP contribution is 2.49. The van der Waals surface area contributed by atoms with Crippen molar-refractivity contribution in [1.29, 1.82) is 0 Å². The minimum absolute atomic E-state index is 0.262. The summed E-state index contributed by atoms with van der Waals surface area (Å²) in [7, 11) is 1.59. The molecule has 136 valence electrons. The Bertz CT molecular complexity index is 768. The van der Waals surface area contributed by atoms with Gasteiger partial charge in [-0.3, -0.25) is 4.79 Å². The largest absolute Gasteiger partial charge is 0.481 e. The van der Waals surface area contributed by atoms with Gasteiger partial charge in [0.05, 0.1) is 12.5 Å². The summed E-state index contributed by atoms with van der Waals surface area (Å²) < 4.78 is 5.13. The molecule has 1 amide bonds. The van der Waals surface area contributed by atoms with Gasteiger partial charge < -0.3 is 15.0 Å². The number of ether oxygens (including phenoxy) is 1. The summed E-state index contributed by atoms with van der Waals surface area (Å²) in [4.78, 5) is 23.4. The molecule has 0 unspecified atom stereocenters. The lowest BCUT2D eigenvalue weighted by atomic mass is 9.93. The van der Waals surface area contributed by atoms with E-state index in [9.17, 15) is 4.79 Å². The molecular weight excluding hydrogens is 328 g/mol. The Morgan fingerprint density at radius 2 is 1.92 bits per heavy atom. The molecule has 2 aromatic rings. The third kappa shape index (κ3) is 3.23. The van der Waals surface area contributed by atoms with Crippen LogP contribution in [-0.2, 0) is 10.2 Å². The van der Waals surface area contributed by atoms with Crippen LogP contribution < -0.4 is 10.1 Å². The molecule has 2 heterocycles. The van der Waals surface area contributed by atoms with Crippen LogP contribution in [0.15, 0.2) is 42.7 Å². The Labute approximate surface area is 153 Å². The van der Waals surface area contributed by atoms with Crippen LogP contribution in [0.1, 0.15) is 31.2 Å². The summed E-state index contributed by atoms with van der Waals surface area (Å²) >= 11 is 0. The highest BCUT2D eigenvalue weighted by atomic mass is 16.5. The molecule has 6 heteroatoms. The Morgan fingerprint density at radius 1 is 1.19 bits per heavy atom. The Kier molecular flexibility index (Phi) is 4.49. The van der Waals surface area contributed by atoms with Crippen molar-refractivity contribution in [2.45, 2.75) is 37.1 Å². The second-order valence-electron chi connectivity index (χ2n) is 7.10. The maximum Gasteiger partial charge on any atom is 0.233 e. The normalized spacial score (nSPS) is 19.0. The van der Waals surface area contributed by atoms with Gasteiger partial charge in [0.15, 0.2) is 0 Å². The number of carbonyl (C=O) groups excluding carboxylic acids is 1. The zero-order chi connectivity index (χ0) is 18.0. The Balaban J connectivity index is 1.36. The van der Waals surface area contributed by atoms with Crippen LogP contribution in [0.2, 0.25) is 0 Å². The smallest absolute Gasteiger partial charge is 0.233 e. The third-order valence-electron chi connectivity index (χ3n) is 5.47. The van der Waals surface area contributed by atoms with Crippen LogP contribution in [0.3, 0.4) is 0 Å².